The van der Waals surface area contributed by atoms with Gasteiger partial charge in [-0.15, -0.1) is 0 Å². The number of rotatable bonds is 3. The average Bonchev–Trinajstić information content (AvgIpc) is 3.18. The Morgan fingerprint density at radius 3 is 2.47 bits per heavy atom. The SMILES string of the molecule is CC(C#N)N(C)C(=O)C1(c2ccccc2)CC1. The lowest BCUT2D eigenvalue weighted by atomic mass is 9.94. The number of amides is 1. The van der Waals surface area contributed by atoms with Crippen LogP contribution in [0.4, 0.5) is 0 Å². The van der Waals surface area contributed by atoms with E-state index in [0.29, 0.717) is 0 Å². The van der Waals surface area contributed by atoms with E-state index in [1.165, 1.54) is 0 Å². The molecule has 1 aromatic rings. The molecule has 1 fully saturated rings. The molecule has 0 heterocycles. The second-order valence-corrected chi connectivity index (χ2v) is 4.67. The Bertz CT molecular complexity index is 457. The summed E-state index contributed by atoms with van der Waals surface area (Å²) in [7, 11) is 1.71. The number of hydrogen-bond acceptors (Lipinski definition) is 2. The Hall–Kier alpha value is -1.82. The molecule has 0 aromatic heterocycles. The van der Waals surface area contributed by atoms with Crippen LogP contribution in [-0.4, -0.2) is 23.9 Å². The summed E-state index contributed by atoms with van der Waals surface area (Å²) in [6.45, 7) is 1.75. The Morgan fingerprint density at radius 1 is 1.41 bits per heavy atom. The summed E-state index contributed by atoms with van der Waals surface area (Å²) in [6, 6.07) is 11.6. The van der Waals surface area contributed by atoms with Crippen LogP contribution in [0.15, 0.2) is 30.3 Å². The second-order valence-electron chi connectivity index (χ2n) is 4.67. The molecule has 1 atom stereocenters. The molecule has 3 heteroatoms. The van der Waals surface area contributed by atoms with Gasteiger partial charge in [-0.05, 0) is 25.3 Å². The van der Waals surface area contributed by atoms with Crippen LogP contribution in [0.3, 0.4) is 0 Å². The van der Waals surface area contributed by atoms with E-state index in [1.54, 1.807) is 18.9 Å². The predicted octanol–water partition coefficient (Wildman–Crippen LogP) is 2.09. The minimum atomic E-state index is -0.372. The molecule has 0 N–H and O–H groups in total. The zero-order valence-electron chi connectivity index (χ0n) is 10.2. The fraction of sp³-hybridized carbons (Fsp3) is 0.429. The summed E-state index contributed by atoms with van der Waals surface area (Å²) in [5.74, 6) is 0.0674. The van der Waals surface area contributed by atoms with Gasteiger partial charge in [0.05, 0.1) is 11.5 Å². The first kappa shape index (κ1) is 11.7. The normalized spacial score (nSPS) is 17.9. The molecule has 1 amide bonds. The number of nitrogens with zero attached hydrogens (tertiary/aromatic N) is 2. The summed E-state index contributed by atoms with van der Waals surface area (Å²) in [5.41, 5.74) is 0.711. The average molecular weight is 228 g/mol. The maximum Gasteiger partial charge on any atom is 0.234 e. The van der Waals surface area contributed by atoms with Crippen molar-refractivity contribution in [2.24, 2.45) is 0 Å². The molecule has 1 aliphatic carbocycles. The highest BCUT2D eigenvalue weighted by Gasteiger charge is 2.52. The number of benzene rings is 1. The van der Waals surface area contributed by atoms with Gasteiger partial charge < -0.3 is 4.90 Å². The largest absolute Gasteiger partial charge is 0.329 e. The van der Waals surface area contributed by atoms with Crippen molar-refractivity contribution in [3.8, 4) is 6.07 Å². The predicted molar refractivity (Wildman–Crippen MR) is 65.2 cm³/mol. The zero-order valence-corrected chi connectivity index (χ0v) is 10.2. The highest BCUT2D eigenvalue weighted by atomic mass is 16.2. The molecule has 0 radical (unpaired) electrons. The third-order valence-electron chi connectivity index (χ3n) is 3.57. The first-order valence-electron chi connectivity index (χ1n) is 5.84. The van der Waals surface area contributed by atoms with E-state index in [-0.39, 0.29) is 17.4 Å². The van der Waals surface area contributed by atoms with Crippen molar-refractivity contribution in [2.75, 3.05) is 7.05 Å². The lowest BCUT2D eigenvalue weighted by molar-refractivity contribution is -0.133. The van der Waals surface area contributed by atoms with E-state index < -0.39 is 0 Å². The maximum atomic E-state index is 12.4. The minimum absolute atomic E-state index is 0.0674. The van der Waals surface area contributed by atoms with Crippen molar-refractivity contribution in [3.63, 3.8) is 0 Å². The fourth-order valence-corrected chi connectivity index (χ4v) is 2.11. The number of likely N-dealkylation sites (N-methyl/N-ethyl adjacent to an activating group) is 1. The highest BCUT2D eigenvalue weighted by Crippen LogP contribution is 2.49. The molecule has 1 unspecified atom stereocenters. The summed E-state index contributed by atoms with van der Waals surface area (Å²) >= 11 is 0. The molecule has 3 nitrogen and oxygen atoms in total. The van der Waals surface area contributed by atoms with Crippen molar-refractivity contribution in [2.45, 2.75) is 31.2 Å². The van der Waals surface area contributed by atoms with Crippen LogP contribution in [0.2, 0.25) is 0 Å². The van der Waals surface area contributed by atoms with E-state index in [1.807, 2.05) is 30.3 Å². The summed E-state index contributed by atoms with van der Waals surface area (Å²) in [6.07, 6.45) is 1.77. The van der Waals surface area contributed by atoms with Gasteiger partial charge in [-0.2, -0.15) is 5.26 Å². The lowest BCUT2D eigenvalue weighted by Gasteiger charge is -2.25. The summed E-state index contributed by atoms with van der Waals surface area (Å²) in [5, 5.41) is 8.87. The van der Waals surface area contributed by atoms with E-state index in [9.17, 15) is 4.79 Å². The van der Waals surface area contributed by atoms with Gasteiger partial charge in [-0.1, -0.05) is 30.3 Å². The van der Waals surface area contributed by atoms with Crippen molar-refractivity contribution >= 4 is 5.91 Å². The Labute approximate surface area is 102 Å². The Balaban J connectivity index is 2.24. The molecular weight excluding hydrogens is 212 g/mol. The van der Waals surface area contributed by atoms with Gasteiger partial charge in [0.1, 0.15) is 6.04 Å². The maximum absolute atomic E-state index is 12.4. The van der Waals surface area contributed by atoms with Gasteiger partial charge >= 0.3 is 0 Å². The Morgan fingerprint density at radius 2 is 2.00 bits per heavy atom. The van der Waals surface area contributed by atoms with E-state index >= 15 is 0 Å². The molecule has 0 spiro atoms. The first-order valence-corrected chi connectivity index (χ1v) is 5.84. The van der Waals surface area contributed by atoms with Gasteiger partial charge in [0.25, 0.3) is 0 Å². The van der Waals surface area contributed by atoms with E-state index in [2.05, 4.69) is 6.07 Å². The van der Waals surface area contributed by atoms with Crippen molar-refractivity contribution in [1.29, 1.82) is 5.26 Å². The number of hydrogen-bond donors (Lipinski definition) is 0. The van der Waals surface area contributed by atoms with Crippen LogP contribution < -0.4 is 0 Å². The molecular formula is C14H16N2O. The van der Waals surface area contributed by atoms with E-state index in [4.69, 9.17) is 5.26 Å². The molecule has 17 heavy (non-hydrogen) atoms. The monoisotopic (exact) mass is 228 g/mol. The minimum Gasteiger partial charge on any atom is -0.329 e. The van der Waals surface area contributed by atoms with Crippen molar-refractivity contribution in [1.82, 2.24) is 4.90 Å². The number of carbonyl (C=O) groups excluding carboxylic acids is 1. The summed E-state index contributed by atoms with van der Waals surface area (Å²) in [4.78, 5) is 14.0. The van der Waals surface area contributed by atoms with Gasteiger partial charge in [-0.3, -0.25) is 4.79 Å². The highest BCUT2D eigenvalue weighted by molar-refractivity contribution is 5.91. The third kappa shape index (κ3) is 1.91. The van der Waals surface area contributed by atoms with Crippen LogP contribution in [0, 0.1) is 11.3 Å². The zero-order chi connectivity index (χ0) is 12.5. The summed E-state index contributed by atoms with van der Waals surface area (Å²) < 4.78 is 0. The molecule has 0 saturated heterocycles. The molecule has 1 saturated carbocycles. The van der Waals surface area contributed by atoms with Crippen LogP contribution >= 0.6 is 0 Å². The van der Waals surface area contributed by atoms with Gasteiger partial charge in [0.15, 0.2) is 0 Å². The lowest BCUT2D eigenvalue weighted by Crippen LogP contribution is -2.41. The van der Waals surface area contributed by atoms with Gasteiger partial charge in [-0.25, -0.2) is 0 Å². The molecule has 1 aliphatic rings. The number of nitriles is 1. The fourth-order valence-electron chi connectivity index (χ4n) is 2.11. The molecule has 1 aromatic carbocycles. The van der Waals surface area contributed by atoms with Crippen LogP contribution in [0.1, 0.15) is 25.3 Å². The van der Waals surface area contributed by atoms with E-state index in [0.717, 1.165) is 18.4 Å². The van der Waals surface area contributed by atoms with Crippen molar-refractivity contribution < 1.29 is 4.79 Å². The Kier molecular flexibility index (Phi) is 2.89. The third-order valence-corrected chi connectivity index (χ3v) is 3.57. The van der Waals surface area contributed by atoms with Crippen LogP contribution in [0.5, 0.6) is 0 Å². The second kappa shape index (κ2) is 4.21. The van der Waals surface area contributed by atoms with Crippen molar-refractivity contribution in [3.05, 3.63) is 35.9 Å². The molecule has 2 rings (SSSR count). The smallest absolute Gasteiger partial charge is 0.234 e. The number of carbonyl (C=O) groups is 1. The first-order chi connectivity index (χ1) is 8.12. The molecule has 0 aliphatic heterocycles. The standard InChI is InChI=1S/C14H16N2O/c1-11(10-15)16(2)13(17)14(8-9-14)12-6-4-3-5-7-12/h3-7,11H,8-9H2,1-2H3. The quantitative estimate of drug-likeness (QED) is 0.795. The van der Waals surface area contributed by atoms with Crippen LogP contribution in [-0.2, 0) is 10.2 Å². The van der Waals surface area contributed by atoms with Gasteiger partial charge in [0, 0.05) is 7.05 Å². The van der Waals surface area contributed by atoms with Crippen LogP contribution in [0.25, 0.3) is 0 Å². The molecule has 88 valence electrons. The van der Waals surface area contributed by atoms with Gasteiger partial charge in [0.2, 0.25) is 5.91 Å². The molecule has 0 bridgehead atoms. The topological polar surface area (TPSA) is 44.1 Å².